The van der Waals surface area contributed by atoms with E-state index in [4.69, 9.17) is 4.42 Å². The number of furan rings is 1. The lowest BCUT2D eigenvalue weighted by molar-refractivity contribution is -0.136. The van der Waals surface area contributed by atoms with E-state index in [1.54, 1.807) is 30.6 Å². The summed E-state index contributed by atoms with van der Waals surface area (Å²) >= 11 is 0. The van der Waals surface area contributed by atoms with Crippen molar-refractivity contribution in [2.24, 2.45) is 0 Å². The lowest BCUT2D eigenvalue weighted by Gasteiger charge is -2.27. The molecule has 230 valence electrons. The van der Waals surface area contributed by atoms with Gasteiger partial charge in [-0.3, -0.25) is 34.2 Å². The number of para-hydroxylation sites is 1. The second-order valence-corrected chi connectivity index (χ2v) is 11.1. The Balaban J connectivity index is 0.978. The summed E-state index contributed by atoms with van der Waals surface area (Å²) in [6.45, 7) is 0.560. The maximum atomic E-state index is 13.2. The molecule has 2 aromatic carbocycles. The highest BCUT2D eigenvalue weighted by Gasteiger charge is 2.45. The summed E-state index contributed by atoms with van der Waals surface area (Å²) in [4.78, 5) is 72.2. The first-order valence-corrected chi connectivity index (χ1v) is 15.0. The molecule has 2 aliphatic rings. The fraction of sp³-hybridized carbons (Fsp3) is 0.303. The normalized spacial score (nSPS) is 16.9. The second kappa shape index (κ2) is 13.1. The molecule has 0 bridgehead atoms. The zero-order valence-electron chi connectivity index (χ0n) is 24.5. The van der Waals surface area contributed by atoms with Gasteiger partial charge in [0.1, 0.15) is 29.8 Å². The molecule has 5 amide bonds. The van der Waals surface area contributed by atoms with Crippen LogP contribution in [0.1, 0.15) is 83.0 Å². The molecule has 2 aliphatic heterocycles. The highest BCUT2D eigenvalue weighted by Crippen LogP contribution is 2.32. The molecule has 12 nitrogen and oxygen atoms in total. The third-order valence-electron chi connectivity index (χ3n) is 8.06. The Kier molecular flexibility index (Phi) is 8.63. The van der Waals surface area contributed by atoms with Gasteiger partial charge in [-0.2, -0.15) is 0 Å². The molecule has 0 spiro atoms. The minimum absolute atomic E-state index is 0.0699. The van der Waals surface area contributed by atoms with Gasteiger partial charge in [0.2, 0.25) is 17.7 Å². The molecule has 3 N–H and O–H groups in total. The number of piperidine rings is 1. The number of nitrogens with one attached hydrogen (secondary N) is 3. The smallest absolute Gasteiger partial charge is 0.264 e. The number of imide groups is 2. The molecule has 1 fully saturated rings. The fourth-order valence-electron chi connectivity index (χ4n) is 5.81. The number of rotatable bonds is 12. The Morgan fingerprint density at radius 3 is 2.58 bits per heavy atom. The van der Waals surface area contributed by atoms with Crippen LogP contribution in [0.3, 0.4) is 0 Å². The number of nitrogens with zero attached hydrogens (tertiary/aromatic N) is 3. The van der Waals surface area contributed by atoms with Crippen molar-refractivity contribution in [3.05, 3.63) is 89.7 Å². The van der Waals surface area contributed by atoms with Crippen LogP contribution in [0.2, 0.25) is 0 Å². The summed E-state index contributed by atoms with van der Waals surface area (Å²) < 4.78 is 6.03. The highest BCUT2D eigenvalue weighted by molar-refractivity contribution is 6.25. The van der Waals surface area contributed by atoms with Gasteiger partial charge in [0.15, 0.2) is 0 Å². The minimum atomic E-state index is -1.00. The molecule has 2 atom stereocenters. The van der Waals surface area contributed by atoms with E-state index in [0.29, 0.717) is 30.8 Å². The van der Waals surface area contributed by atoms with E-state index < -0.39 is 35.7 Å². The molecular formula is C33H32N6O6. The molecule has 6 rings (SSSR count). The maximum absolute atomic E-state index is 13.2. The number of aromatic nitrogens is 2. The van der Waals surface area contributed by atoms with E-state index >= 15 is 0 Å². The second-order valence-electron chi connectivity index (χ2n) is 11.1. The Hall–Kier alpha value is -5.39. The maximum Gasteiger partial charge on any atom is 0.264 e. The van der Waals surface area contributed by atoms with E-state index in [1.165, 1.54) is 6.33 Å². The average molecular weight is 609 g/mol. The van der Waals surface area contributed by atoms with Gasteiger partial charge < -0.3 is 15.1 Å². The molecule has 1 saturated heterocycles. The monoisotopic (exact) mass is 608 g/mol. The first-order chi connectivity index (χ1) is 21.9. The number of unbranched alkanes of at least 4 members (excludes halogenated alkanes) is 3. The Bertz CT molecular complexity index is 1740. The predicted molar refractivity (Wildman–Crippen MR) is 163 cm³/mol. The number of fused-ring (bicyclic) bond motifs is 2. The molecule has 0 saturated carbocycles. The molecule has 2 unspecified atom stereocenters. The number of carbonyl (C=O) groups excluding carboxylic acids is 5. The van der Waals surface area contributed by atoms with E-state index in [9.17, 15) is 24.0 Å². The summed E-state index contributed by atoms with van der Waals surface area (Å²) in [5, 5.41) is 9.48. The van der Waals surface area contributed by atoms with Gasteiger partial charge in [-0.05, 0) is 43.5 Å². The van der Waals surface area contributed by atoms with Gasteiger partial charge in [-0.1, -0.05) is 37.1 Å². The van der Waals surface area contributed by atoms with Crippen LogP contribution in [-0.2, 0) is 14.4 Å². The number of anilines is 1. The van der Waals surface area contributed by atoms with Gasteiger partial charge in [-0.25, -0.2) is 9.97 Å². The standard InChI is InChI=1S/C33H32N6O6/c40-27(37-30(21-17-34-19-35-18-21)26-16-20-8-4-5-11-25(20)45-26)12-3-1-2-6-15-36-23-10-7-9-22-29(23)33(44)39(32(22)43)24-13-14-28(41)38-31(24)42/h4-5,7-11,16-19,24,30,36H,1-3,6,12-15H2,(H,37,40)(H,38,41,42). The zero-order chi connectivity index (χ0) is 31.3. The van der Waals surface area contributed by atoms with Crippen molar-refractivity contribution in [3.8, 4) is 0 Å². The van der Waals surface area contributed by atoms with Crippen LogP contribution < -0.4 is 16.0 Å². The SMILES string of the molecule is O=C1CCC(N2C(=O)c3cccc(NCCCCCCC(=O)NC(c4cncnc4)c4cc5ccccc5o4)c3C2=O)C(=O)N1. The lowest BCUT2D eigenvalue weighted by Crippen LogP contribution is -2.54. The number of benzene rings is 2. The van der Waals surface area contributed by atoms with Gasteiger partial charge in [0.25, 0.3) is 11.8 Å². The molecule has 12 heteroatoms. The van der Waals surface area contributed by atoms with Crippen molar-refractivity contribution in [1.82, 2.24) is 25.5 Å². The number of hydrogen-bond donors (Lipinski definition) is 3. The van der Waals surface area contributed by atoms with E-state index in [-0.39, 0.29) is 29.9 Å². The van der Waals surface area contributed by atoms with E-state index in [1.807, 2.05) is 30.3 Å². The van der Waals surface area contributed by atoms with Gasteiger partial charge in [0, 0.05) is 48.4 Å². The van der Waals surface area contributed by atoms with E-state index in [0.717, 1.165) is 40.7 Å². The zero-order valence-corrected chi connectivity index (χ0v) is 24.5. The van der Waals surface area contributed by atoms with Gasteiger partial charge >= 0.3 is 0 Å². The molecule has 4 heterocycles. The molecule has 4 aromatic rings. The Morgan fingerprint density at radius 1 is 0.978 bits per heavy atom. The third-order valence-corrected chi connectivity index (χ3v) is 8.06. The lowest BCUT2D eigenvalue weighted by atomic mass is 10.0. The molecule has 0 aliphatic carbocycles. The predicted octanol–water partition coefficient (Wildman–Crippen LogP) is 3.89. The topological polar surface area (TPSA) is 164 Å². The summed E-state index contributed by atoms with van der Waals surface area (Å²) in [5.74, 6) is -1.62. The summed E-state index contributed by atoms with van der Waals surface area (Å²) in [5.41, 5.74) is 2.47. The largest absolute Gasteiger partial charge is 0.459 e. The minimum Gasteiger partial charge on any atom is -0.459 e. The third kappa shape index (κ3) is 6.30. The van der Waals surface area contributed by atoms with Crippen molar-refractivity contribution in [3.63, 3.8) is 0 Å². The van der Waals surface area contributed by atoms with Crippen LogP contribution in [0.5, 0.6) is 0 Å². The van der Waals surface area contributed by atoms with Crippen molar-refractivity contribution < 1.29 is 28.4 Å². The molecule has 2 aromatic heterocycles. The van der Waals surface area contributed by atoms with Crippen LogP contribution in [-0.4, -0.2) is 57.0 Å². The van der Waals surface area contributed by atoms with E-state index in [2.05, 4.69) is 25.9 Å². The van der Waals surface area contributed by atoms with Gasteiger partial charge in [0.05, 0.1) is 11.1 Å². The number of carbonyl (C=O) groups is 5. The first kappa shape index (κ1) is 29.7. The summed E-state index contributed by atoms with van der Waals surface area (Å²) in [6.07, 6.45) is 8.44. The quantitative estimate of drug-likeness (QED) is 0.160. The summed E-state index contributed by atoms with van der Waals surface area (Å²) in [7, 11) is 0. The van der Waals surface area contributed by atoms with Crippen LogP contribution in [0.15, 0.2) is 71.7 Å². The molecule has 45 heavy (non-hydrogen) atoms. The highest BCUT2D eigenvalue weighted by atomic mass is 16.3. The van der Waals surface area contributed by atoms with Crippen LogP contribution >= 0.6 is 0 Å². The number of hydrogen-bond acceptors (Lipinski definition) is 9. The van der Waals surface area contributed by atoms with Crippen molar-refractivity contribution in [2.75, 3.05) is 11.9 Å². The van der Waals surface area contributed by atoms with Crippen LogP contribution in [0.4, 0.5) is 5.69 Å². The number of amides is 5. The fourth-order valence-corrected chi connectivity index (χ4v) is 5.81. The first-order valence-electron chi connectivity index (χ1n) is 15.0. The van der Waals surface area contributed by atoms with Crippen molar-refractivity contribution in [1.29, 1.82) is 0 Å². The molecule has 0 radical (unpaired) electrons. The molecular weight excluding hydrogens is 576 g/mol. The van der Waals surface area contributed by atoms with Crippen molar-refractivity contribution >= 4 is 46.2 Å². The van der Waals surface area contributed by atoms with Crippen LogP contribution in [0.25, 0.3) is 11.0 Å². The van der Waals surface area contributed by atoms with Crippen LogP contribution in [0, 0.1) is 0 Å². The Morgan fingerprint density at radius 2 is 1.78 bits per heavy atom. The Labute approximate surface area is 258 Å². The summed E-state index contributed by atoms with van der Waals surface area (Å²) in [6, 6.07) is 13.1. The van der Waals surface area contributed by atoms with Gasteiger partial charge in [-0.15, -0.1) is 0 Å². The van der Waals surface area contributed by atoms with Crippen molar-refractivity contribution in [2.45, 2.75) is 57.0 Å². The average Bonchev–Trinajstić information content (AvgIpc) is 3.58.